The Morgan fingerprint density at radius 2 is 1.95 bits per heavy atom. The number of nitrogen functional groups attached to an aromatic ring is 1. The van der Waals surface area contributed by atoms with Gasteiger partial charge in [-0.05, 0) is 36.8 Å². The van der Waals surface area contributed by atoms with E-state index < -0.39 is 0 Å². The lowest BCUT2D eigenvalue weighted by Gasteiger charge is -2.11. The zero-order valence-electron chi connectivity index (χ0n) is 11.0. The van der Waals surface area contributed by atoms with Crippen LogP contribution in [0.2, 0.25) is 10.0 Å². The molecule has 0 aliphatic heterocycles. The summed E-state index contributed by atoms with van der Waals surface area (Å²) in [5.41, 5.74) is 8.48. The van der Waals surface area contributed by atoms with Crippen molar-refractivity contribution in [1.29, 1.82) is 0 Å². The molecule has 104 valence electrons. The van der Waals surface area contributed by atoms with Gasteiger partial charge in [-0.3, -0.25) is 4.79 Å². The number of pyridine rings is 1. The molecule has 1 aromatic carbocycles. The van der Waals surface area contributed by atoms with Crippen molar-refractivity contribution in [2.75, 3.05) is 12.8 Å². The third kappa shape index (κ3) is 2.71. The van der Waals surface area contributed by atoms with E-state index in [1.54, 1.807) is 18.2 Å². The molecule has 0 atom stereocenters. The largest absolute Gasteiger partial charge is 0.383 e. The number of hydrogen-bond acceptors (Lipinski definition) is 3. The van der Waals surface area contributed by atoms with E-state index in [4.69, 9.17) is 28.9 Å². The number of nitrogens with zero attached hydrogens (tertiary/aromatic N) is 1. The molecule has 0 bridgehead atoms. The average molecular weight is 310 g/mol. The van der Waals surface area contributed by atoms with E-state index in [9.17, 15) is 4.79 Å². The van der Waals surface area contributed by atoms with E-state index >= 15 is 0 Å². The molecule has 6 heteroatoms. The van der Waals surface area contributed by atoms with Crippen LogP contribution in [0.5, 0.6) is 0 Å². The lowest BCUT2D eigenvalue weighted by Crippen LogP contribution is -2.19. The number of halogens is 2. The van der Waals surface area contributed by atoms with Gasteiger partial charge in [-0.1, -0.05) is 23.2 Å². The second-order valence-electron chi connectivity index (χ2n) is 4.32. The van der Waals surface area contributed by atoms with Crippen LogP contribution in [-0.4, -0.2) is 17.9 Å². The number of rotatable bonds is 2. The molecule has 0 saturated carbocycles. The first kappa shape index (κ1) is 14.6. The highest BCUT2D eigenvalue weighted by molar-refractivity contribution is 6.43. The van der Waals surface area contributed by atoms with Gasteiger partial charge in [-0.2, -0.15) is 0 Å². The lowest BCUT2D eigenvalue weighted by molar-refractivity contribution is 0.0958. The van der Waals surface area contributed by atoms with Crippen LogP contribution in [0.1, 0.15) is 16.1 Å². The topological polar surface area (TPSA) is 68.0 Å². The van der Waals surface area contributed by atoms with Crippen molar-refractivity contribution in [2.24, 2.45) is 0 Å². The van der Waals surface area contributed by atoms with Crippen LogP contribution in [0, 0.1) is 6.92 Å². The molecule has 0 fully saturated rings. The molecular weight excluding hydrogens is 297 g/mol. The Balaban J connectivity index is 2.57. The molecule has 3 N–H and O–H groups in total. The van der Waals surface area contributed by atoms with Crippen LogP contribution in [-0.2, 0) is 0 Å². The highest BCUT2D eigenvalue weighted by Crippen LogP contribution is 2.36. The van der Waals surface area contributed by atoms with Crippen LogP contribution in [0.25, 0.3) is 11.1 Å². The molecule has 1 amide bonds. The maximum atomic E-state index is 11.5. The first-order chi connectivity index (χ1) is 9.43. The standard InChI is InChI=1S/C14H13Cl2N3O/c1-7-5-9(12(16)10(15)6-7)8-3-4-11(14(20)18-2)19-13(8)17/h3-6H,1-2H3,(H2,17,19)(H,18,20). The predicted molar refractivity (Wildman–Crippen MR) is 82.2 cm³/mol. The number of anilines is 1. The van der Waals surface area contributed by atoms with Crippen molar-refractivity contribution in [3.05, 3.63) is 45.6 Å². The maximum Gasteiger partial charge on any atom is 0.269 e. The van der Waals surface area contributed by atoms with Gasteiger partial charge in [-0.25, -0.2) is 4.98 Å². The van der Waals surface area contributed by atoms with Crippen molar-refractivity contribution < 1.29 is 4.79 Å². The summed E-state index contributed by atoms with van der Waals surface area (Å²) >= 11 is 12.3. The zero-order valence-corrected chi connectivity index (χ0v) is 12.5. The fourth-order valence-corrected chi connectivity index (χ4v) is 2.36. The average Bonchev–Trinajstić information content (AvgIpc) is 2.42. The number of aryl methyl sites for hydroxylation is 1. The Hall–Kier alpha value is -1.78. The quantitative estimate of drug-likeness (QED) is 0.894. The zero-order chi connectivity index (χ0) is 14.9. The van der Waals surface area contributed by atoms with Gasteiger partial charge >= 0.3 is 0 Å². The number of nitrogens with two attached hydrogens (primary N) is 1. The minimum Gasteiger partial charge on any atom is -0.383 e. The molecule has 1 aromatic heterocycles. The summed E-state index contributed by atoms with van der Waals surface area (Å²) in [4.78, 5) is 15.6. The summed E-state index contributed by atoms with van der Waals surface area (Å²) in [6.07, 6.45) is 0. The fourth-order valence-electron chi connectivity index (χ4n) is 1.88. The highest BCUT2D eigenvalue weighted by Gasteiger charge is 2.14. The van der Waals surface area contributed by atoms with E-state index in [1.807, 2.05) is 13.0 Å². The molecular formula is C14H13Cl2N3O. The summed E-state index contributed by atoms with van der Waals surface area (Å²) in [5.74, 6) is -0.0636. The van der Waals surface area contributed by atoms with Crippen LogP contribution in [0.3, 0.4) is 0 Å². The summed E-state index contributed by atoms with van der Waals surface area (Å²) in [6.45, 7) is 1.91. The SMILES string of the molecule is CNC(=O)c1ccc(-c2cc(C)cc(Cl)c2Cl)c(N)n1. The van der Waals surface area contributed by atoms with E-state index in [0.29, 0.717) is 21.2 Å². The van der Waals surface area contributed by atoms with Crippen molar-refractivity contribution in [3.63, 3.8) is 0 Å². The molecule has 2 aromatic rings. The first-order valence-corrected chi connectivity index (χ1v) is 6.64. The van der Waals surface area contributed by atoms with Gasteiger partial charge in [0.1, 0.15) is 11.5 Å². The monoisotopic (exact) mass is 309 g/mol. The van der Waals surface area contributed by atoms with Crippen molar-refractivity contribution in [3.8, 4) is 11.1 Å². The van der Waals surface area contributed by atoms with Crippen LogP contribution < -0.4 is 11.1 Å². The number of benzene rings is 1. The Morgan fingerprint density at radius 3 is 2.55 bits per heavy atom. The molecule has 0 radical (unpaired) electrons. The Morgan fingerprint density at radius 1 is 1.25 bits per heavy atom. The third-order valence-electron chi connectivity index (χ3n) is 2.85. The summed E-state index contributed by atoms with van der Waals surface area (Å²) in [7, 11) is 1.53. The van der Waals surface area contributed by atoms with Gasteiger partial charge in [0, 0.05) is 18.2 Å². The van der Waals surface area contributed by atoms with E-state index in [0.717, 1.165) is 5.56 Å². The Bertz CT molecular complexity index is 686. The van der Waals surface area contributed by atoms with Gasteiger partial charge in [-0.15, -0.1) is 0 Å². The van der Waals surface area contributed by atoms with Crippen LogP contribution >= 0.6 is 23.2 Å². The second-order valence-corrected chi connectivity index (χ2v) is 5.10. The number of carbonyl (C=O) groups is 1. The van der Waals surface area contributed by atoms with E-state index in [-0.39, 0.29) is 17.4 Å². The van der Waals surface area contributed by atoms with Gasteiger partial charge in [0.2, 0.25) is 0 Å². The number of aromatic nitrogens is 1. The molecule has 0 aliphatic rings. The number of hydrogen-bond donors (Lipinski definition) is 2. The third-order valence-corrected chi connectivity index (χ3v) is 3.65. The molecule has 20 heavy (non-hydrogen) atoms. The normalized spacial score (nSPS) is 10.4. The highest BCUT2D eigenvalue weighted by atomic mass is 35.5. The number of carbonyl (C=O) groups excluding carboxylic acids is 1. The maximum absolute atomic E-state index is 11.5. The molecule has 2 rings (SSSR count). The minimum absolute atomic E-state index is 0.231. The predicted octanol–water partition coefficient (Wildman–Crippen LogP) is 3.31. The second kappa shape index (κ2) is 5.69. The van der Waals surface area contributed by atoms with Crippen molar-refractivity contribution in [1.82, 2.24) is 10.3 Å². The van der Waals surface area contributed by atoms with E-state index in [2.05, 4.69) is 10.3 Å². The molecule has 4 nitrogen and oxygen atoms in total. The van der Waals surface area contributed by atoms with Gasteiger partial charge in [0.25, 0.3) is 5.91 Å². The molecule has 0 spiro atoms. The van der Waals surface area contributed by atoms with Crippen LogP contribution in [0.15, 0.2) is 24.3 Å². The van der Waals surface area contributed by atoms with E-state index in [1.165, 1.54) is 7.05 Å². The van der Waals surface area contributed by atoms with Gasteiger partial charge in [0.15, 0.2) is 0 Å². The number of amides is 1. The van der Waals surface area contributed by atoms with Crippen molar-refractivity contribution in [2.45, 2.75) is 6.92 Å². The Labute approximate surface area is 126 Å². The smallest absolute Gasteiger partial charge is 0.269 e. The summed E-state index contributed by atoms with van der Waals surface area (Å²) < 4.78 is 0. The van der Waals surface area contributed by atoms with Gasteiger partial charge < -0.3 is 11.1 Å². The Kier molecular flexibility index (Phi) is 4.16. The minimum atomic E-state index is -0.295. The van der Waals surface area contributed by atoms with Crippen molar-refractivity contribution >= 4 is 34.9 Å². The molecule has 0 saturated heterocycles. The van der Waals surface area contributed by atoms with Gasteiger partial charge in [0.05, 0.1) is 10.0 Å². The molecule has 0 aliphatic carbocycles. The summed E-state index contributed by atoms with van der Waals surface area (Å²) in [6, 6.07) is 6.96. The first-order valence-electron chi connectivity index (χ1n) is 5.88. The fraction of sp³-hybridized carbons (Fsp3) is 0.143. The lowest BCUT2D eigenvalue weighted by atomic mass is 10.0. The molecule has 0 unspecified atom stereocenters. The van der Waals surface area contributed by atoms with Crippen LogP contribution in [0.4, 0.5) is 5.82 Å². The number of nitrogens with one attached hydrogen (secondary N) is 1. The summed E-state index contributed by atoms with van der Waals surface area (Å²) in [5, 5.41) is 3.36. The molecule has 1 heterocycles.